The number of nitrogens with zero attached hydrogens (tertiary/aromatic N) is 2. The van der Waals surface area contributed by atoms with Crippen molar-refractivity contribution in [2.24, 2.45) is 0 Å². The summed E-state index contributed by atoms with van der Waals surface area (Å²) in [6.45, 7) is 3.23. The molecule has 3 aromatic rings. The van der Waals surface area contributed by atoms with Gasteiger partial charge in [0, 0.05) is 30.4 Å². The van der Waals surface area contributed by atoms with Crippen molar-refractivity contribution in [2.75, 3.05) is 27.2 Å². The van der Waals surface area contributed by atoms with E-state index in [1.54, 1.807) is 11.1 Å². The quantitative estimate of drug-likeness (QED) is 0.582. The molecule has 3 heteroatoms. The Labute approximate surface area is 161 Å². The van der Waals surface area contributed by atoms with Crippen molar-refractivity contribution >= 4 is 21.4 Å². The van der Waals surface area contributed by atoms with Gasteiger partial charge in [0.05, 0.1) is 0 Å². The Morgan fingerprint density at radius 3 is 2.73 bits per heavy atom. The van der Waals surface area contributed by atoms with Crippen molar-refractivity contribution in [3.05, 3.63) is 70.6 Å². The summed E-state index contributed by atoms with van der Waals surface area (Å²) in [5.41, 5.74) is 4.56. The van der Waals surface area contributed by atoms with Crippen LogP contribution >= 0.6 is 11.3 Å². The van der Waals surface area contributed by atoms with Crippen LogP contribution in [0.2, 0.25) is 0 Å². The minimum atomic E-state index is 0.579. The second kappa shape index (κ2) is 7.91. The first-order valence-corrected chi connectivity index (χ1v) is 10.5. The van der Waals surface area contributed by atoms with Gasteiger partial charge in [-0.2, -0.15) is 0 Å². The molecule has 0 bridgehead atoms. The Hall–Kier alpha value is -1.68. The molecule has 1 unspecified atom stereocenters. The molecule has 0 radical (unpaired) electrons. The van der Waals surface area contributed by atoms with E-state index in [2.05, 4.69) is 77.8 Å². The van der Waals surface area contributed by atoms with E-state index in [9.17, 15) is 0 Å². The smallest absolute Gasteiger partial charge is 0.0348 e. The minimum Gasteiger partial charge on any atom is -0.301 e. The maximum atomic E-state index is 2.56. The molecule has 0 saturated carbocycles. The van der Waals surface area contributed by atoms with Gasteiger partial charge in [-0.05, 0) is 66.9 Å². The van der Waals surface area contributed by atoms with Gasteiger partial charge in [-0.25, -0.2) is 0 Å². The SMILES string of the molecule is CN(CCN(C)C1CCCc2ccccc21)Cc1csc2ccccc12. The van der Waals surface area contributed by atoms with Crippen LogP contribution in [0.25, 0.3) is 10.1 Å². The fourth-order valence-electron chi connectivity index (χ4n) is 4.20. The van der Waals surface area contributed by atoms with E-state index < -0.39 is 0 Å². The first-order valence-electron chi connectivity index (χ1n) is 9.64. The average Bonchev–Trinajstić information content (AvgIpc) is 3.08. The largest absolute Gasteiger partial charge is 0.301 e. The van der Waals surface area contributed by atoms with Crippen LogP contribution < -0.4 is 0 Å². The maximum absolute atomic E-state index is 2.56. The molecule has 1 heterocycles. The molecule has 0 saturated heterocycles. The first-order chi connectivity index (χ1) is 12.7. The summed E-state index contributed by atoms with van der Waals surface area (Å²) in [6, 6.07) is 18.3. The first kappa shape index (κ1) is 17.7. The zero-order valence-electron chi connectivity index (χ0n) is 15.8. The van der Waals surface area contributed by atoms with Crippen molar-refractivity contribution in [3.8, 4) is 0 Å². The summed E-state index contributed by atoms with van der Waals surface area (Å²) in [7, 11) is 4.54. The van der Waals surface area contributed by atoms with Crippen molar-refractivity contribution in [1.82, 2.24) is 9.80 Å². The van der Waals surface area contributed by atoms with Crippen molar-refractivity contribution < 1.29 is 0 Å². The summed E-state index contributed by atoms with van der Waals surface area (Å²) in [5, 5.41) is 3.74. The molecule has 2 nitrogen and oxygen atoms in total. The predicted octanol–water partition coefficient (Wildman–Crippen LogP) is 5.34. The molecular formula is C23H28N2S. The lowest BCUT2D eigenvalue weighted by atomic mass is 9.87. The third kappa shape index (κ3) is 3.71. The van der Waals surface area contributed by atoms with Crippen LogP contribution in [-0.4, -0.2) is 37.0 Å². The molecule has 2 aromatic carbocycles. The molecule has 1 aromatic heterocycles. The van der Waals surface area contributed by atoms with E-state index in [-0.39, 0.29) is 0 Å². The van der Waals surface area contributed by atoms with E-state index >= 15 is 0 Å². The molecule has 4 rings (SSSR count). The van der Waals surface area contributed by atoms with Crippen LogP contribution in [0.1, 0.15) is 35.6 Å². The lowest BCUT2D eigenvalue weighted by Gasteiger charge is -2.34. The normalized spacial score (nSPS) is 17.2. The van der Waals surface area contributed by atoms with Gasteiger partial charge in [0.1, 0.15) is 0 Å². The third-order valence-electron chi connectivity index (χ3n) is 5.71. The van der Waals surface area contributed by atoms with Gasteiger partial charge in [0.15, 0.2) is 0 Å². The van der Waals surface area contributed by atoms with Gasteiger partial charge in [-0.1, -0.05) is 42.5 Å². The topological polar surface area (TPSA) is 6.48 Å². The van der Waals surface area contributed by atoms with Crippen LogP contribution in [0.15, 0.2) is 53.9 Å². The fourth-order valence-corrected chi connectivity index (χ4v) is 5.15. The Balaban J connectivity index is 1.37. The third-order valence-corrected chi connectivity index (χ3v) is 6.72. The summed E-state index contributed by atoms with van der Waals surface area (Å²) >= 11 is 1.86. The number of thiophene rings is 1. The molecule has 1 aliphatic rings. The van der Waals surface area contributed by atoms with Gasteiger partial charge in [0.2, 0.25) is 0 Å². The Morgan fingerprint density at radius 1 is 1.00 bits per heavy atom. The van der Waals surface area contributed by atoms with E-state index in [0.29, 0.717) is 6.04 Å². The molecular weight excluding hydrogens is 336 g/mol. The lowest BCUT2D eigenvalue weighted by molar-refractivity contribution is 0.188. The van der Waals surface area contributed by atoms with Crippen LogP contribution in [0, 0.1) is 0 Å². The van der Waals surface area contributed by atoms with E-state index in [1.807, 2.05) is 11.3 Å². The van der Waals surface area contributed by atoms with E-state index in [4.69, 9.17) is 0 Å². The van der Waals surface area contributed by atoms with Gasteiger partial charge < -0.3 is 4.90 Å². The van der Waals surface area contributed by atoms with Crippen molar-refractivity contribution in [3.63, 3.8) is 0 Å². The van der Waals surface area contributed by atoms with Gasteiger partial charge >= 0.3 is 0 Å². The average molecular weight is 365 g/mol. The highest BCUT2D eigenvalue weighted by atomic mass is 32.1. The molecule has 0 aliphatic heterocycles. The van der Waals surface area contributed by atoms with E-state index in [1.165, 1.54) is 34.9 Å². The Bertz CT molecular complexity index is 869. The summed E-state index contributed by atoms with van der Waals surface area (Å²) in [5.74, 6) is 0. The van der Waals surface area contributed by atoms with Gasteiger partial charge in [-0.15, -0.1) is 11.3 Å². The monoisotopic (exact) mass is 364 g/mol. The number of hydrogen-bond acceptors (Lipinski definition) is 3. The highest BCUT2D eigenvalue weighted by Gasteiger charge is 2.23. The zero-order valence-corrected chi connectivity index (χ0v) is 16.6. The summed E-state index contributed by atoms with van der Waals surface area (Å²) < 4.78 is 1.40. The maximum Gasteiger partial charge on any atom is 0.0348 e. The number of hydrogen-bond donors (Lipinski definition) is 0. The molecule has 1 aliphatic carbocycles. The summed E-state index contributed by atoms with van der Waals surface area (Å²) in [6.07, 6.45) is 3.83. The van der Waals surface area contributed by atoms with Crippen molar-refractivity contribution in [1.29, 1.82) is 0 Å². The molecule has 1 atom stereocenters. The zero-order chi connectivity index (χ0) is 17.9. The predicted molar refractivity (Wildman–Crippen MR) is 113 cm³/mol. The van der Waals surface area contributed by atoms with E-state index in [0.717, 1.165) is 19.6 Å². The molecule has 0 N–H and O–H groups in total. The minimum absolute atomic E-state index is 0.579. The molecule has 0 spiro atoms. The van der Waals surface area contributed by atoms with Gasteiger partial charge in [0.25, 0.3) is 0 Å². The number of likely N-dealkylation sites (N-methyl/N-ethyl adjacent to an activating group) is 2. The molecule has 136 valence electrons. The molecule has 0 amide bonds. The van der Waals surface area contributed by atoms with Crippen LogP contribution in [-0.2, 0) is 13.0 Å². The number of rotatable bonds is 6. The Kier molecular flexibility index (Phi) is 5.39. The van der Waals surface area contributed by atoms with Crippen LogP contribution in [0.4, 0.5) is 0 Å². The van der Waals surface area contributed by atoms with Gasteiger partial charge in [-0.3, -0.25) is 4.90 Å². The molecule has 0 fully saturated rings. The molecule has 26 heavy (non-hydrogen) atoms. The fraction of sp³-hybridized carbons (Fsp3) is 0.391. The highest BCUT2D eigenvalue weighted by Crippen LogP contribution is 2.33. The number of benzene rings is 2. The van der Waals surface area contributed by atoms with Crippen molar-refractivity contribution in [2.45, 2.75) is 31.8 Å². The van der Waals surface area contributed by atoms with Crippen LogP contribution in [0.3, 0.4) is 0 Å². The standard InChI is InChI=1S/C23H28N2S/c1-24(16-19-17-26-23-13-6-5-11-21(19)23)14-15-25(2)22-12-7-9-18-8-3-4-10-20(18)22/h3-6,8,10-11,13,17,22H,7,9,12,14-16H2,1-2H3. The second-order valence-electron chi connectivity index (χ2n) is 7.58. The highest BCUT2D eigenvalue weighted by molar-refractivity contribution is 7.17. The second-order valence-corrected chi connectivity index (χ2v) is 8.49. The summed E-state index contributed by atoms with van der Waals surface area (Å²) in [4.78, 5) is 5.01. The number of fused-ring (bicyclic) bond motifs is 2. The lowest BCUT2D eigenvalue weighted by Crippen LogP contribution is -2.34. The van der Waals surface area contributed by atoms with Crippen LogP contribution in [0.5, 0.6) is 0 Å². The number of aryl methyl sites for hydroxylation is 1. The Morgan fingerprint density at radius 2 is 1.81 bits per heavy atom.